The van der Waals surface area contributed by atoms with Gasteiger partial charge in [-0.25, -0.2) is 18.1 Å². The first kappa shape index (κ1) is 14.9. The van der Waals surface area contributed by atoms with E-state index in [4.69, 9.17) is 11.6 Å². The van der Waals surface area contributed by atoms with Gasteiger partial charge in [0.2, 0.25) is 0 Å². The topological polar surface area (TPSA) is 59.1 Å². The lowest BCUT2D eigenvalue weighted by molar-refractivity contribution is 0.391. The summed E-state index contributed by atoms with van der Waals surface area (Å²) in [5, 5.41) is 0.737. The highest BCUT2D eigenvalue weighted by atomic mass is 35.5. The average molecular weight is 297 g/mol. The summed E-state index contributed by atoms with van der Waals surface area (Å²) in [5.41, 5.74) is -0.502. The molecule has 0 saturated carbocycles. The summed E-state index contributed by atoms with van der Waals surface area (Å²) in [5.74, 6) is 0.425. The van der Waals surface area contributed by atoms with Crippen LogP contribution in [0.15, 0.2) is 10.4 Å². The van der Waals surface area contributed by atoms with Gasteiger partial charge in [0, 0.05) is 11.4 Å². The molecule has 0 aliphatic carbocycles. The summed E-state index contributed by atoms with van der Waals surface area (Å²) in [4.78, 5) is 3.96. The van der Waals surface area contributed by atoms with Gasteiger partial charge in [0.25, 0.3) is 10.0 Å². The van der Waals surface area contributed by atoms with E-state index in [2.05, 4.69) is 9.71 Å². The molecule has 0 aliphatic heterocycles. The highest BCUT2D eigenvalue weighted by Crippen LogP contribution is 2.23. The maximum absolute atomic E-state index is 12.1. The van der Waals surface area contributed by atoms with Crippen LogP contribution in [0.1, 0.15) is 31.7 Å². The number of aromatic nitrogens is 1. The minimum Gasteiger partial charge on any atom is -0.249 e. The molecular formula is C10H17ClN2O2S2. The molecular weight excluding hydrogens is 280 g/mol. The van der Waals surface area contributed by atoms with Crippen molar-refractivity contribution < 1.29 is 8.42 Å². The Labute approximate surface area is 111 Å². The van der Waals surface area contributed by atoms with Crippen molar-refractivity contribution in [2.24, 2.45) is 0 Å². The van der Waals surface area contributed by atoms with Gasteiger partial charge in [0.1, 0.15) is 0 Å². The van der Waals surface area contributed by atoms with Crippen LogP contribution >= 0.6 is 22.9 Å². The molecule has 0 radical (unpaired) electrons. The van der Waals surface area contributed by atoms with E-state index in [0.717, 1.165) is 5.01 Å². The number of rotatable bonds is 6. The van der Waals surface area contributed by atoms with Crippen molar-refractivity contribution in [2.45, 2.75) is 43.4 Å². The van der Waals surface area contributed by atoms with Gasteiger partial charge in [0.15, 0.2) is 4.21 Å². The lowest BCUT2D eigenvalue weighted by atomic mass is 9.97. The number of hydrogen-bond acceptors (Lipinski definition) is 4. The molecule has 1 aromatic rings. The lowest BCUT2D eigenvalue weighted by Gasteiger charge is -2.28. The van der Waals surface area contributed by atoms with Gasteiger partial charge in [-0.3, -0.25) is 0 Å². The minimum atomic E-state index is -3.48. The highest BCUT2D eigenvalue weighted by Gasteiger charge is 2.29. The van der Waals surface area contributed by atoms with Crippen LogP contribution in [0.2, 0.25) is 0 Å². The molecule has 1 rings (SSSR count). The maximum Gasteiger partial charge on any atom is 0.252 e. The molecule has 98 valence electrons. The number of thiazole rings is 1. The number of halogens is 1. The Kier molecular flexibility index (Phi) is 4.95. The smallest absolute Gasteiger partial charge is 0.249 e. The highest BCUT2D eigenvalue weighted by molar-refractivity contribution is 7.91. The van der Waals surface area contributed by atoms with Gasteiger partial charge in [-0.15, -0.1) is 22.9 Å². The zero-order valence-corrected chi connectivity index (χ0v) is 12.5. The molecule has 4 nitrogen and oxygen atoms in total. The molecule has 1 unspecified atom stereocenters. The molecule has 0 aromatic carbocycles. The Morgan fingerprint density at radius 2 is 2.24 bits per heavy atom. The van der Waals surface area contributed by atoms with E-state index in [1.54, 1.807) is 6.92 Å². The van der Waals surface area contributed by atoms with E-state index in [1.165, 1.54) is 17.5 Å². The fourth-order valence-corrected chi connectivity index (χ4v) is 4.38. The van der Waals surface area contributed by atoms with E-state index in [1.807, 2.05) is 13.8 Å². The first-order valence-corrected chi connectivity index (χ1v) is 8.19. The van der Waals surface area contributed by atoms with Crippen molar-refractivity contribution in [2.75, 3.05) is 5.88 Å². The van der Waals surface area contributed by atoms with Crippen molar-refractivity contribution in [3.63, 3.8) is 0 Å². The second kappa shape index (κ2) is 5.65. The second-order valence-electron chi connectivity index (χ2n) is 4.16. The van der Waals surface area contributed by atoms with Crippen LogP contribution in [0, 0.1) is 6.92 Å². The Morgan fingerprint density at radius 1 is 1.59 bits per heavy atom. The molecule has 1 atom stereocenters. The molecule has 1 N–H and O–H groups in total. The summed E-state index contributed by atoms with van der Waals surface area (Å²) in [6.45, 7) is 5.58. The average Bonchev–Trinajstić information content (AvgIpc) is 2.65. The van der Waals surface area contributed by atoms with E-state index >= 15 is 0 Å². The van der Waals surface area contributed by atoms with Gasteiger partial charge >= 0.3 is 0 Å². The summed E-state index contributed by atoms with van der Waals surface area (Å²) in [6, 6.07) is 0. The molecule has 7 heteroatoms. The zero-order chi connectivity index (χ0) is 13.1. The predicted octanol–water partition coefficient (Wildman–Crippen LogP) is 2.53. The van der Waals surface area contributed by atoms with Gasteiger partial charge in [0.05, 0.1) is 11.2 Å². The van der Waals surface area contributed by atoms with Crippen LogP contribution in [0.5, 0.6) is 0 Å². The van der Waals surface area contributed by atoms with Gasteiger partial charge in [-0.05, 0) is 26.7 Å². The van der Waals surface area contributed by atoms with Crippen molar-refractivity contribution >= 4 is 33.0 Å². The maximum atomic E-state index is 12.1. The molecule has 0 aliphatic rings. The monoisotopic (exact) mass is 296 g/mol. The number of sulfonamides is 1. The van der Waals surface area contributed by atoms with Crippen molar-refractivity contribution in [1.29, 1.82) is 0 Å². The number of hydrogen-bond donors (Lipinski definition) is 1. The summed E-state index contributed by atoms with van der Waals surface area (Å²) in [6.07, 6.45) is 2.68. The first-order valence-electron chi connectivity index (χ1n) is 5.35. The third-order valence-corrected chi connectivity index (χ3v) is 5.87. The number of nitrogens with one attached hydrogen (secondary N) is 1. The van der Waals surface area contributed by atoms with Crippen molar-refractivity contribution in [3.05, 3.63) is 11.2 Å². The fraction of sp³-hybridized carbons (Fsp3) is 0.700. The van der Waals surface area contributed by atoms with Gasteiger partial charge in [-0.2, -0.15) is 0 Å². The van der Waals surface area contributed by atoms with Gasteiger partial charge in [-0.1, -0.05) is 6.92 Å². The molecule has 0 spiro atoms. The SMILES string of the molecule is CCC(C)(CCCl)NS(=O)(=O)c1cnc(C)s1. The Bertz CT molecular complexity index is 472. The Morgan fingerprint density at radius 3 is 2.65 bits per heavy atom. The van der Waals surface area contributed by atoms with Crippen molar-refractivity contribution in [1.82, 2.24) is 9.71 Å². The molecule has 0 saturated heterocycles. The van der Waals surface area contributed by atoms with E-state index in [-0.39, 0.29) is 4.21 Å². The fourth-order valence-electron chi connectivity index (χ4n) is 1.35. The lowest BCUT2D eigenvalue weighted by Crippen LogP contribution is -2.45. The molecule has 1 heterocycles. The van der Waals surface area contributed by atoms with Crippen LogP contribution in [0.25, 0.3) is 0 Å². The zero-order valence-electron chi connectivity index (χ0n) is 10.2. The predicted molar refractivity (Wildman–Crippen MR) is 71.2 cm³/mol. The molecule has 0 bridgehead atoms. The molecule has 0 fully saturated rings. The van der Waals surface area contributed by atoms with E-state index < -0.39 is 15.6 Å². The molecule has 0 amide bonds. The summed E-state index contributed by atoms with van der Waals surface area (Å²) < 4.78 is 27.2. The quantitative estimate of drug-likeness (QED) is 0.821. The molecule has 1 aromatic heterocycles. The third kappa shape index (κ3) is 3.91. The third-order valence-electron chi connectivity index (χ3n) is 2.67. The number of alkyl halides is 1. The first-order chi connectivity index (χ1) is 7.83. The van der Waals surface area contributed by atoms with E-state index in [0.29, 0.717) is 18.7 Å². The van der Waals surface area contributed by atoms with E-state index in [9.17, 15) is 8.42 Å². The van der Waals surface area contributed by atoms with Crippen LogP contribution in [0.3, 0.4) is 0 Å². The standard InChI is InChI=1S/C10H17ClN2O2S2/c1-4-10(3,5-6-11)13-17(14,15)9-7-12-8(2)16-9/h7,13H,4-6H2,1-3H3. The van der Waals surface area contributed by atoms with Crippen LogP contribution in [-0.2, 0) is 10.0 Å². The van der Waals surface area contributed by atoms with Crippen molar-refractivity contribution in [3.8, 4) is 0 Å². The van der Waals surface area contributed by atoms with Crippen LogP contribution in [0.4, 0.5) is 0 Å². The number of nitrogens with zero attached hydrogens (tertiary/aromatic N) is 1. The Balaban J connectivity index is 2.93. The summed E-state index contributed by atoms with van der Waals surface area (Å²) >= 11 is 6.87. The summed E-state index contributed by atoms with van der Waals surface area (Å²) in [7, 11) is -3.48. The Hall–Kier alpha value is -0.170. The number of aryl methyl sites for hydroxylation is 1. The van der Waals surface area contributed by atoms with Crippen LogP contribution < -0.4 is 4.72 Å². The minimum absolute atomic E-state index is 0.254. The molecule has 17 heavy (non-hydrogen) atoms. The van der Waals surface area contributed by atoms with Crippen LogP contribution in [-0.4, -0.2) is 24.8 Å². The largest absolute Gasteiger partial charge is 0.252 e. The second-order valence-corrected chi connectivity index (χ2v) is 7.68. The van der Waals surface area contributed by atoms with Gasteiger partial charge < -0.3 is 0 Å². The normalized spacial score (nSPS) is 15.8.